The van der Waals surface area contributed by atoms with Gasteiger partial charge in [-0.2, -0.15) is 0 Å². The molecule has 0 N–H and O–H groups in total. The van der Waals surface area contributed by atoms with Crippen molar-refractivity contribution in [3.05, 3.63) is 68.7 Å². The number of thioether (sulfide) groups is 1. The number of nitrogens with zero attached hydrogens (tertiary/aromatic N) is 2. The van der Waals surface area contributed by atoms with Crippen LogP contribution >= 0.6 is 23.4 Å². The van der Waals surface area contributed by atoms with Gasteiger partial charge in [-0.25, -0.2) is 0 Å². The minimum Gasteiger partial charge on any atom is -0.339 e. The van der Waals surface area contributed by atoms with Crippen molar-refractivity contribution in [1.29, 1.82) is 0 Å². The number of hydrogen-bond donors (Lipinski definition) is 0. The van der Waals surface area contributed by atoms with Gasteiger partial charge in [0.25, 0.3) is 11.6 Å². The molecule has 1 amide bonds. The molecular weight excluding hydrogens is 360 g/mol. The van der Waals surface area contributed by atoms with E-state index >= 15 is 0 Å². The molecule has 25 heavy (non-hydrogen) atoms. The van der Waals surface area contributed by atoms with Crippen LogP contribution < -0.4 is 0 Å². The molecule has 5 nitrogen and oxygen atoms in total. The fourth-order valence-corrected chi connectivity index (χ4v) is 3.67. The van der Waals surface area contributed by atoms with Gasteiger partial charge in [0, 0.05) is 35.5 Å². The minimum absolute atomic E-state index is 0.0601. The van der Waals surface area contributed by atoms with Crippen LogP contribution in [0.1, 0.15) is 29.8 Å². The van der Waals surface area contributed by atoms with Crippen LogP contribution in [0, 0.1) is 10.1 Å². The Morgan fingerprint density at radius 3 is 2.48 bits per heavy atom. The molecular formula is C18H19ClN2O3S. The Morgan fingerprint density at radius 1 is 1.20 bits per heavy atom. The van der Waals surface area contributed by atoms with Gasteiger partial charge < -0.3 is 4.90 Å². The van der Waals surface area contributed by atoms with Gasteiger partial charge in [0.2, 0.25) is 0 Å². The molecule has 0 aliphatic rings. The number of amides is 1. The lowest BCUT2D eigenvalue weighted by atomic mass is 10.1. The van der Waals surface area contributed by atoms with E-state index in [4.69, 9.17) is 11.6 Å². The highest BCUT2D eigenvalue weighted by atomic mass is 35.5. The number of benzene rings is 2. The molecule has 0 saturated carbocycles. The van der Waals surface area contributed by atoms with Crippen molar-refractivity contribution in [3.8, 4) is 0 Å². The Morgan fingerprint density at radius 2 is 1.88 bits per heavy atom. The van der Waals surface area contributed by atoms with Crippen LogP contribution in [0.15, 0.2) is 47.4 Å². The zero-order valence-corrected chi connectivity index (χ0v) is 15.6. The number of halogens is 1. The summed E-state index contributed by atoms with van der Waals surface area (Å²) in [5.41, 5.74) is 1.18. The summed E-state index contributed by atoms with van der Waals surface area (Å²) in [6.07, 6.45) is 0. The predicted molar refractivity (Wildman–Crippen MR) is 101 cm³/mol. The lowest BCUT2D eigenvalue weighted by Gasteiger charge is -2.18. The second-order valence-corrected chi connectivity index (χ2v) is 6.72. The molecule has 0 spiro atoms. The van der Waals surface area contributed by atoms with Gasteiger partial charge >= 0.3 is 0 Å². The highest BCUT2D eigenvalue weighted by Gasteiger charge is 2.20. The van der Waals surface area contributed by atoms with Gasteiger partial charge in [-0.1, -0.05) is 29.8 Å². The maximum Gasteiger partial charge on any atom is 0.283 e. The quantitative estimate of drug-likeness (QED) is 0.385. The average Bonchev–Trinajstić information content (AvgIpc) is 2.61. The van der Waals surface area contributed by atoms with E-state index in [1.165, 1.54) is 17.8 Å². The summed E-state index contributed by atoms with van der Waals surface area (Å²) < 4.78 is 0. The Labute approximate surface area is 156 Å². The first-order valence-electron chi connectivity index (χ1n) is 7.91. The predicted octanol–water partition coefficient (Wildman–Crippen LogP) is 5.02. The van der Waals surface area contributed by atoms with Crippen LogP contribution in [0.5, 0.6) is 0 Å². The Bertz CT molecular complexity index is 779. The van der Waals surface area contributed by atoms with E-state index in [1.807, 2.05) is 32.0 Å². The summed E-state index contributed by atoms with van der Waals surface area (Å²) in [6.45, 7) is 4.88. The molecule has 0 saturated heterocycles. The van der Waals surface area contributed by atoms with Crippen LogP contribution in [-0.4, -0.2) is 28.8 Å². The summed E-state index contributed by atoms with van der Waals surface area (Å²) in [4.78, 5) is 25.5. The molecule has 0 heterocycles. The third-order valence-electron chi connectivity index (χ3n) is 3.79. The number of nitro groups is 1. The second kappa shape index (κ2) is 8.87. The van der Waals surface area contributed by atoms with Gasteiger partial charge in [-0.3, -0.25) is 14.9 Å². The van der Waals surface area contributed by atoms with E-state index < -0.39 is 4.92 Å². The van der Waals surface area contributed by atoms with Crippen molar-refractivity contribution in [2.75, 3.05) is 13.1 Å². The number of nitro benzene ring substituents is 1. The fourth-order valence-electron chi connectivity index (χ4n) is 2.38. The van der Waals surface area contributed by atoms with E-state index in [0.717, 1.165) is 5.56 Å². The highest BCUT2D eigenvalue weighted by molar-refractivity contribution is 7.98. The zero-order valence-electron chi connectivity index (χ0n) is 14.1. The molecule has 2 aromatic rings. The largest absolute Gasteiger partial charge is 0.339 e. The zero-order chi connectivity index (χ0) is 18.4. The maximum atomic E-state index is 12.4. The monoisotopic (exact) mass is 378 g/mol. The summed E-state index contributed by atoms with van der Waals surface area (Å²) >= 11 is 7.46. The molecule has 0 fully saturated rings. The Kier molecular flexibility index (Phi) is 6.84. The van der Waals surface area contributed by atoms with Gasteiger partial charge in [-0.05, 0) is 37.6 Å². The van der Waals surface area contributed by atoms with Crippen LogP contribution in [-0.2, 0) is 5.75 Å². The van der Waals surface area contributed by atoms with Gasteiger partial charge in [0.1, 0.15) is 0 Å². The summed E-state index contributed by atoms with van der Waals surface area (Å²) in [6, 6.07) is 12.0. The average molecular weight is 379 g/mol. The van der Waals surface area contributed by atoms with Gasteiger partial charge in [0.05, 0.1) is 9.82 Å². The van der Waals surface area contributed by atoms with Gasteiger partial charge in [0.15, 0.2) is 0 Å². The van der Waals surface area contributed by atoms with Crippen molar-refractivity contribution >= 4 is 35.0 Å². The summed E-state index contributed by atoms with van der Waals surface area (Å²) in [7, 11) is 0. The first kappa shape index (κ1) is 19.3. The Hall–Kier alpha value is -2.05. The molecule has 0 aliphatic heterocycles. The maximum absolute atomic E-state index is 12.4. The third kappa shape index (κ3) is 4.74. The Balaban J connectivity index is 2.26. The minimum atomic E-state index is -0.450. The number of rotatable bonds is 7. The van der Waals surface area contributed by atoms with Crippen molar-refractivity contribution in [2.45, 2.75) is 24.5 Å². The van der Waals surface area contributed by atoms with E-state index in [2.05, 4.69) is 0 Å². The van der Waals surface area contributed by atoms with Crippen molar-refractivity contribution < 1.29 is 9.72 Å². The molecule has 132 valence electrons. The number of carbonyl (C=O) groups is 1. The van der Waals surface area contributed by atoms with E-state index in [-0.39, 0.29) is 11.6 Å². The normalized spacial score (nSPS) is 10.5. The molecule has 7 heteroatoms. The molecule has 2 rings (SSSR count). The first-order valence-corrected chi connectivity index (χ1v) is 9.28. The van der Waals surface area contributed by atoms with Crippen molar-refractivity contribution in [1.82, 2.24) is 4.90 Å². The molecule has 0 aromatic heterocycles. The molecule has 0 aliphatic carbocycles. The number of hydrogen-bond acceptors (Lipinski definition) is 4. The van der Waals surface area contributed by atoms with Crippen LogP contribution in [0.25, 0.3) is 0 Å². The lowest BCUT2D eigenvalue weighted by molar-refractivity contribution is -0.387. The van der Waals surface area contributed by atoms with Crippen molar-refractivity contribution in [3.63, 3.8) is 0 Å². The first-order chi connectivity index (χ1) is 12.0. The van der Waals surface area contributed by atoms with Crippen LogP contribution in [0.2, 0.25) is 5.02 Å². The van der Waals surface area contributed by atoms with Crippen molar-refractivity contribution in [2.24, 2.45) is 0 Å². The SMILES string of the molecule is CCN(CC)C(=O)c1ccc(SCc2ccccc2Cl)c([N+](=O)[O-])c1. The number of carbonyl (C=O) groups excluding carboxylic acids is 1. The molecule has 0 bridgehead atoms. The fraction of sp³-hybridized carbons (Fsp3) is 0.278. The second-order valence-electron chi connectivity index (χ2n) is 5.30. The van der Waals surface area contributed by atoms with Crippen LogP contribution in [0.3, 0.4) is 0 Å². The lowest BCUT2D eigenvalue weighted by Crippen LogP contribution is -2.30. The standard InChI is InChI=1S/C18H19ClN2O3S/c1-3-20(4-2)18(22)13-9-10-17(16(11-13)21(23)24)25-12-14-7-5-6-8-15(14)19/h5-11H,3-4,12H2,1-2H3. The highest BCUT2D eigenvalue weighted by Crippen LogP contribution is 2.34. The van der Waals surface area contributed by atoms with E-state index in [0.29, 0.717) is 34.3 Å². The molecule has 0 unspecified atom stereocenters. The third-order valence-corrected chi connectivity index (χ3v) is 5.27. The van der Waals surface area contributed by atoms with E-state index in [9.17, 15) is 14.9 Å². The molecule has 0 radical (unpaired) electrons. The molecule has 0 atom stereocenters. The smallest absolute Gasteiger partial charge is 0.283 e. The van der Waals surface area contributed by atoms with Gasteiger partial charge in [-0.15, -0.1) is 11.8 Å². The summed E-state index contributed by atoms with van der Waals surface area (Å²) in [5.74, 6) is 0.319. The van der Waals surface area contributed by atoms with E-state index in [1.54, 1.807) is 23.1 Å². The topological polar surface area (TPSA) is 63.5 Å². The summed E-state index contributed by atoms with van der Waals surface area (Å²) in [5, 5.41) is 12.1. The van der Waals surface area contributed by atoms with Crippen LogP contribution in [0.4, 0.5) is 5.69 Å². The molecule has 2 aromatic carbocycles.